The summed E-state index contributed by atoms with van der Waals surface area (Å²) in [7, 11) is 1.67. The third kappa shape index (κ3) is 2.33. The highest BCUT2D eigenvalue weighted by molar-refractivity contribution is 7.20. The molecule has 1 aliphatic heterocycles. The Kier molecular flexibility index (Phi) is 4.17. The van der Waals surface area contributed by atoms with E-state index >= 15 is 0 Å². The fourth-order valence-electron chi connectivity index (χ4n) is 3.44. The summed E-state index contributed by atoms with van der Waals surface area (Å²) < 4.78 is 1.44. The molecule has 0 unspecified atom stereocenters. The van der Waals surface area contributed by atoms with Crippen LogP contribution in [0.1, 0.15) is 34.5 Å². The van der Waals surface area contributed by atoms with E-state index < -0.39 is 0 Å². The van der Waals surface area contributed by atoms with E-state index in [1.165, 1.54) is 22.2 Å². The average molecular weight is 343 g/mol. The largest absolute Gasteiger partial charge is 0.331 e. The van der Waals surface area contributed by atoms with Crippen LogP contribution in [0.3, 0.4) is 0 Å². The van der Waals surface area contributed by atoms with Gasteiger partial charge in [0.05, 0.1) is 22.1 Å². The maximum absolute atomic E-state index is 13.1. The van der Waals surface area contributed by atoms with E-state index in [0.717, 1.165) is 31.4 Å². The van der Waals surface area contributed by atoms with Gasteiger partial charge in [0.15, 0.2) is 0 Å². The molecule has 2 aromatic heterocycles. The van der Waals surface area contributed by atoms with Gasteiger partial charge >= 0.3 is 0 Å². The fourth-order valence-corrected chi connectivity index (χ4v) is 4.53. The molecule has 0 saturated carbocycles. The van der Waals surface area contributed by atoms with Gasteiger partial charge in [0.1, 0.15) is 4.83 Å². The number of carbonyl (C=O) groups excluding carboxylic acids is 1. The van der Waals surface area contributed by atoms with Crippen LogP contribution in [-0.2, 0) is 7.05 Å². The second-order valence-corrected chi connectivity index (χ2v) is 7.31. The number of carbonyl (C=O) groups is 1. The van der Waals surface area contributed by atoms with Crippen molar-refractivity contribution in [3.05, 3.63) is 52.4 Å². The predicted molar refractivity (Wildman–Crippen MR) is 97.6 cm³/mol. The Labute approximate surface area is 144 Å². The highest BCUT2D eigenvalue weighted by atomic mass is 32.1. The van der Waals surface area contributed by atoms with Crippen LogP contribution in [0.2, 0.25) is 0 Å². The lowest BCUT2D eigenvalue weighted by Gasteiger charge is -2.52. The minimum Gasteiger partial charge on any atom is -0.331 e. The number of hydrogen-bond acceptors (Lipinski definition) is 4. The monoisotopic (exact) mass is 343 g/mol. The van der Waals surface area contributed by atoms with Crippen LogP contribution in [0.5, 0.6) is 0 Å². The third-order valence-corrected chi connectivity index (χ3v) is 6.06. The number of aromatic nitrogens is 2. The van der Waals surface area contributed by atoms with Gasteiger partial charge < -0.3 is 9.47 Å². The van der Waals surface area contributed by atoms with Crippen molar-refractivity contribution in [3.8, 4) is 0 Å². The van der Waals surface area contributed by atoms with Crippen LogP contribution in [0, 0.1) is 6.92 Å². The minimum absolute atomic E-state index is 0.0208. The molecule has 126 valence electrons. The van der Waals surface area contributed by atoms with E-state index in [4.69, 9.17) is 0 Å². The molecule has 24 heavy (non-hydrogen) atoms. The molecule has 1 amide bonds. The first-order chi connectivity index (χ1) is 11.4. The van der Waals surface area contributed by atoms with Gasteiger partial charge in [0.25, 0.3) is 11.5 Å². The summed E-state index contributed by atoms with van der Waals surface area (Å²) in [6.07, 6.45) is 7.65. The lowest BCUT2D eigenvalue weighted by molar-refractivity contribution is 0.000362. The number of likely N-dealkylation sites (tertiary alicyclic amines) is 1. The van der Waals surface area contributed by atoms with Crippen molar-refractivity contribution >= 4 is 27.5 Å². The van der Waals surface area contributed by atoms with E-state index in [2.05, 4.69) is 18.1 Å². The maximum Gasteiger partial charge on any atom is 0.264 e. The van der Waals surface area contributed by atoms with Gasteiger partial charge in [0, 0.05) is 13.6 Å². The smallest absolute Gasteiger partial charge is 0.264 e. The zero-order valence-electron chi connectivity index (χ0n) is 14.0. The molecule has 6 heteroatoms. The molecule has 3 rings (SSSR count). The number of nitrogens with zero attached hydrogens (tertiary/aromatic N) is 3. The van der Waals surface area contributed by atoms with E-state index in [1.807, 2.05) is 24.0 Å². The molecular formula is C18H21N3O2S. The van der Waals surface area contributed by atoms with Crippen LogP contribution >= 0.6 is 11.3 Å². The number of aryl methyl sites for hydroxylation is 2. The van der Waals surface area contributed by atoms with Crippen LogP contribution in [-0.4, -0.2) is 32.4 Å². The number of thiophene rings is 1. The first kappa shape index (κ1) is 16.6. The third-order valence-electron chi connectivity index (χ3n) is 4.87. The van der Waals surface area contributed by atoms with Crippen molar-refractivity contribution in [2.75, 3.05) is 6.54 Å². The van der Waals surface area contributed by atoms with Gasteiger partial charge in [-0.15, -0.1) is 24.5 Å². The lowest BCUT2D eigenvalue weighted by Crippen LogP contribution is -2.61. The Morgan fingerprint density at radius 2 is 2.08 bits per heavy atom. The van der Waals surface area contributed by atoms with E-state index in [1.54, 1.807) is 7.05 Å². The first-order valence-electron chi connectivity index (χ1n) is 7.93. The molecule has 1 aliphatic rings. The number of hydrogen-bond donors (Lipinski definition) is 0. The van der Waals surface area contributed by atoms with E-state index in [-0.39, 0.29) is 17.0 Å². The summed E-state index contributed by atoms with van der Waals surface area (Å²) in [5.74, 6) is -0.0208. The van der Waals surface area contributed by atoms with Crippen LogP contribution in [0.4, 0.5) is 0 Å². The second kappa shape index (κ2) is 6.02. The van der Waals surface area contributed by atoms with Crippen molar-refractivity contribution in [1.29, 1.82) is 0 Å². The molecule has 1 saturated heterocycles. The Morgan fingerprint density at radius 3 is 2.62 bits per heavy atom. The van der Waals surface area contributed by atoms with Crippen LogP contribution in [0.15, 0.2) is 36.4 Å². The Hall–Kier alpha value is -2.21. The Balaban J connectivity index is 2.05. The van der Waals surface area contributed by atoms with Gasteiger partial charge in [-0.3, -0.25) is 9.59 Å². The SMILES string of the molecule is C=CCC1(CC=C)CCN1C(=O)c1sc2ncn(C)c(=O)c2c1C. The molecule has 0 radical (unpaired) electrons. The lowest BCUT2D eigenvalue weighted by atomic mass is 9.78. The van der Waals surface area contributed by atoms with Crippen molar-refractivity contribution < 1.29 is 4.79 Å². The molecule has 0 aromatic carbocycles. The van der Waals surface area contributed by atoms with Gasteiger partial charge in [-0.1, -0.05) is 12.2 Å². The summed E-state index contributed by atoms with van der Waals surface area (Å²) in [4.78, 5) is 32.9. The Morgan fingerprint density at radius 1 is 1.42 bits per heavy atom. The molecule has 0 bridgehead atoms. The summed E-state index contributed by atoms with van der Waals surface area (Å²) in [5.41, 5.74) is 0.397. The average Bonchev–Trinajstić information content (AvgIpc) is 2.87. The molecule has 0 atom stereocenters. The van der Waals surface area contributed by atoms with Crippen molar-refractivity contribution in [2.24, 2.45) is 7.05 Å². The van der Waals surface area contributed by atoms with E-state index in [0.29, 0.717) is 15.1 Å². The van der Waals surface area contributed by atoms with Crippen LogP contribution < -0.4 is 5.56 Å². The van der Waals surface area contributed by atoms with Crippen LogP contribution in [0.25, 0.3) is 10.2 Å². The molecule has 3 heterocycles. The quantitative estimate of drug-likeness (QED) is 0.784. The molecule has 5 nitrogen and oxygen atoms in total. The molecular weight excluding hydrogens is 322 g/mol. The fraction of sp³-hybridized carbons (Fsp3) is 0.389. The summed E-state index contributed by atoms with van der Waals surface area (Å²) in [5, 5.41) is 0.548. The van der Waals surface area contributed by atoms with Gasteiger partial charge in [0.2, 0.25) is 0 Å². The summed E-state index contributed by atoms with van der Waals surface area (Å²) in [6, 6.07) is 0. The molecule has 2 aromatic rings. The molecule has 0 spiro atoms. The van der Waals surface area contributed by atoms with Gasteiger partial charge in [-0.2, -0.15) is 0 Å². The number of fused-ring (bicyclic) bond motifs is 1. The topological polar surface area (TPSA) is 55.2 Å². The van der Waals surface area contributed by atoms with Gasteiger partial charge in [-0.25, -0.2) is 4.98 Å². The maximum atomic E-state index is 13.1. The van der Waals surface area contributed by atoms with E-state index in [9.17, 15) is 9.59 Å². The molecule has 0 aliphatic carbocycles. The zero-order valence-corrected chi connectivity index (χ0v) is 14.9. The Bertz CT molecular complexity index is 884. The van der Waals surface area contributed by atoms with Crippen molar-refractivity contribution in [3.63, 3.8) is 0 Å². The highest BCUT2D eigenvalue weighted by Crippen LogP contribution is 2.40. The molecule has 1 fully saturated rings. The highest BCUT2D eigenvalue weighted by Gasteiger charge is 2.46. The van der Waals surface area contributed by atoms with Gasteiger partial charge in [-0.05, 0) is 31.7 Å². The summed E-state index contributed by atoms with van der Waals surface area (Å²) >= 11 is 1.30. The number of rotatable bonds is 5. The van der Waals surface area contributed by atoms with Crippen molar-refractivity contribution in [2.45, 2.75) is 31.7 Å². The predicted octanol–water partition coefficient (Wildman–Crippen LogP) is 3.04. The molecule has 0 N–H and O–H groups in total. The van der Waals surface area contributed by atoms with Crippen molar-refractivity contribution in [1.82, 2.24) is 14.5 Å². The minimum atomic E-state index is -0.221. The second-order valence-electron chi connectivity index (χ2n) is 6.31. The number of amides is 1. The first-order valence-corrected chi connectivity index (χ1v) is 8.75. The standard InChI is InChI=1S/C18H21N3O2S/c1-5-7-18(8-6-2)9-10-21(18)17(23)14-12(3)13-15(24-14)19-11-20(4)16(13)22/h5-6,11H,1-2,7-10H2,3-4H3. The normalized spacial score (nSPS) is 16.0. The summed E-state index contributed by atoms with van der Waals surface area (Å²) in [6.45, 7) is 10.2. The zero-order chi connectivity index (χ0) is 17.5.